The van der Waals surface area contributed by atoms with E-state index in [0.29, 0.717) is 5.56 Å². The lowest BCUT2D eigenvalue weighted by Gasteiger charge is -2.25. The Balaban J connectivity index is 1.94. The molecule has 0 aliphatic rings. The third kappa shape index (κ3) is 3.71. The van der Waals surface area contributed by atoms with Gasteiger partial charge in [0.05, 0.1) is 16.9 Å². The molecule has 3 nitrogen and oxygen atoms in total. The Hall–Kier alpha value is -2.34. The second kappa shape index (κ2) is 7.28. The predicted octanol–water partition coefficient (Wildman–Crippen LogP) is 4.77. The van der Waals surface area contributed by atoms with E-state index in [-0.39, 0.29) is 5.91 Å². The second-order valence-electron chi connectivity index (χ2n) is 4.93. The van der Waals surface area contributed by atoms with Gasteiger partial charge in [0, 0.05) is 3.57 Å². The molecule has 0 saturated heterocycles. The molecule has 0 aliphatic heterocycles. The normalized spacial score (nSPS) is 10.1. The van der Waals surface area contributed by atoms with Gasteiger partial charge in [-0.2, -0.15) is 0 Å². The van der Waals surface area contributed by atoms with Gasteiger partial charge in [-0.3, -0.25) is 15.2 Å². The highest BCUT2D eigenvalue weighted by atomic mass is 127. The number of hydrazine groups is 1. The summed E-state index contributed by atoms with van der Waals surface area (Å²) in [6.07, 6.45) is 0. The lowest BCUT2D eigenvalue weighted by Crippen LogP contribution is -2.39. The number of hydrogen-bond donors (Lipinski definition) is 1. The topological polar surface area (TPSA) is 32.3 Å². The first-order valence-corrected chi connectivity index (χ1v) is 8.29. The number of halogens is 1. The molecule has 1 N–H and O–H groups in total. The van der Waals surface area contributed by atoms with E-state index in [2.05, 4.69) is 28.0 Å². The van der Waals surface area contributed by atoms with Crippen molar-refractivity contribution < 1.29 is 4.79 Å². The number of nitrogens with zero attached hydrogens (tertiary/aromatic N) is 1. The van der Waals surface area contributed by atoms with Gasteiger partial charge in [-0.1, -0.05) is 48.5 Å². The molecular weight excluding hydrogens is 399 g/mol. The van der Waals surface area contributed by atoms with E-state index < -0.39 is 0 Å². The van der Waals surface area contributed by atoms with Crippen molar-refractivity contribution in [3.8, 4) is 0 Å². The van der Waals surface area contributed by atoms with E-state index in [9.17, 15) is 4.79 Å². The fourth-order valence-corrected chi connectivity index (χ4v) is 2.87. The molecule has 0 fully saturated rings. The molecule has 4 heteroatoms. The highest BCUT2D eigenvalue weighted by molar-refractivity contribution is 14.1. The lowest BCUT2D eigenvalue weighted by atomic mass is 10.2. The van der Waals surface area contributed by atoms with E-state index in [1.54, 1.807) is 5.01 Å². The van der Waals surface area contributed by atoms with Crippen molar-refractivity contribution in [3.63, 3.8) is 0 Å². The Bertz CT molecular complexity index is 751. The summed E-state index contributed by atoms with van der Waals surface area (Å²) in [4.78, 5) is 12.7. The van der Waals surface area contributed by atoms with Crippen LogP contribution < -0.4 is 10.4 Å². The van der Waals surface area contributed by atoms with Crippen molar-refractivity contribution in [1.82, 2.24) is 5.43 Å². The Morgan fingerprint density at radius 2 is 1.22 bits per heavy atom. The van der Waals surface area contributed by atoms with Crippen LogP contribution in [0.1, 0.15) is 10.4 Å². The van der Waals surface area contributed by atoms with Crippen molar-refractivity contribution in [2.45, 2.75) is 0 Å². The number of carbonyl (C=O) groups is 1. The standard InChI is InChI=1S/C19H15IN2O/c20-18-14-8-7-13-17(18)19(23)21-22(15-9-3-1-4-10-15)16-11-5-2-6-12-16/h1-14H,(H,21,23). The van der Waals surface area contributed by atoms with Crippen molar-refractivity contribution in [2.75, 3.05) is 5.01 Å². The van der Waals surface area contributed by atoms with Crippen molar-refractivity contribution in [1.29, 1.82) is 0 Å². The third-order valence-corrected chi connectivity index (χ3v) is 4.30. The Morgan fingerprint density at radius 3 is 1.74 bits per heavy atom. The second-order valence-corrected chi connectivity index (χ2v) is 6.09. The largest absolute Gasteiger partial charge is 0.271 e. The third-order valence-electron chi connectivity index (χ3n) is 3.36. The number of para-hydroxylation sites is 2. The first-order chi connectivity index (χ1) is 11.3. The average Bonchev–Trinajstić information content (AvgIpc) is 2.61. The van der Waals surface area contributed by atoms with Crippen LogP contribution in [0.15, 0.2) is 84.9 Å². The van der Waals surface area contributed by atoms with Crippen LogP contribution in [0.5, 0.6) is 0 Å². The van der Waals surface area contributed by atoms with Crippen LogP contribution in [0.4, 0.5) is 11.4 Å². The summed E-state index contributed by atoms with van der Waals surface area (Å²) in [7, 11) is 0. The van der Waals surface area contributed by atoms with Crippen LogP contribution in [-0.4, -0.2) is 5.91 Å². The number of amides is 1. The molecule has 0 unspecified atom stereocenters. The molecule has 23 heavy (non-hydrogen) atoms. The molecule has 0 aliphatic carbocycles. The van der Waals surface area contributed by atoms with Crippen molar-refractivity contribution in [2.24, 2.45) is 0 Å². The molecule has 0 saturated carbocycles. The van der Waals surface area contributed by atoms with E-state index >= 15 is 0 Å². The minimum absolute atomic E-state index is 0.136. The fraction of sp³-hybridized carbons (Fsp3) is 0. The summed E-state index contributed by atoms with van der Waals surface area (Å²) in [6, 6.07) is 27.1. The molecule has 3 rings (SSSR count). The maximum atomic E-state index is 12.7. The van der Waals surface area contributed by atoms with Gasteiger partial charge in [-0.15, -0.1) is 0 Å². The van der Waals surface area contributed by atoms with Crippen LogP contribution in [-0.2, 0) is 0 Å². The minimum atomic E-state index is -0.136. The SMILES string of the molecule is O=C(NN(c1ccccc1)c1ccccc1)c1ccccc1I. The molecule has 0 radical (unpaired) electrons. The summed E-state index contributed by atoms with van der Waals surface area (Å²) in [5.41, 5.74) is 5.46. The molecule has 0 spiro atoms. The molecule has 0 bridgehead atoms. The minimum Gasteiger partial charge on any atom is -0.267 e. The van der Waals surface area contributed by atoms with Gasteiger partial charge in [0.25, 0.3) is 5.91 Å². The molecule has 114 valence electrons. The number of anilines is 2. The summed E-state index contributed by atoms with van der Waals surface area (Å²) >= 11 is 2.17. The highest BCUT2D eigenvalue weighted by Gasteiger charge is 2.15. The van der Waals surface area contributed by atoms with Gasteiger partial charge >= 0.3 is 0 Å². The molecule has 3 aromatic rings. The monoisotopic (exact) mass is 414 g/mol. The van der Waals surface area contributed by atoms with Gasteiger partial charge in [0.2, 0.25) is 0 Å². The quantitative estimate of drug-likeness (QED) is 0.493. The first kappa shape index (κ1) is 15.6. The zero-order valence-corrected chi connectivity index (χ0v) is 14.5. The first-order valence-electron chi connectivity index (χ1n) is 7.21. The number of hydrogen-bond acceptors (Lipinski definition) is 2. The van der Waals surface area contributed by atoms with Gasteiger partial charge in [-0.05, 0) is 59.0 Å². The number of carbonyl (C=O) groups excluding carboxylic acids is 1. The van der Waals surface area contributed by atoms with Crippen LogP contribution >= 0.6 is 22.6 Å². The smallest absolute Gasteiger partial charge is 0.267 e. The van der Waals surface area contributed by atoms with Crippen LogP contribution in [0.25, 0.3) is 0 Å². The molecule has 3 aromatic carbocycles. The zero-order chi connectivity index (χ0) is 16.1. The van der Waals surface area contributed by atoms with Crippen molar-refractivity contribution >= 4 is 39.9 Å². The predicted molar refractivity (Wildman–Crippen MR) is 102 cm³/mol. The molecule has 1 amide bonds. The van der Waals surface area contributed by atoms with E-state index in [1.165, 1.54) is 0 Å². The Labute approximate surface area is 149 Å². The maximum absolute atomic E-state index is 12.7. The van der Waals surface area contributed by atoms with Gasteiger partial charge < -0.3 is 0 Å². The van der Waals surface area contributed by atoms with E-state index in [4.69, 9.17) is 0 Å². The lowest BCUT2D eigenvalue weighted by molar-refractivity contribution is 0.0953. The average molecular weight is 414 g/mol. The van der Waals surface area contributed by atoms with Gasteiger partial charge in [-0.25, -0.2) is 0 Å². The molecule has 0 aromatic heterocycles. The molecule has 0 atom stereocenters. The van der Waals surface area contributed by atoms with Crippen LogP contribution in [0.2, 0.25) is 0 Å². The number of benzene rings is 3. The molecule has 0 heterocycles. The van der Waals surface area contributed by atoms with Crippen LogP contribution in [0.3, 0.4) is 0 Å². The summed E-state index contributed by atoms with van der Waals surface area (Å²) < 4.78 is 0.920. The van der Waals surface area contributed by atoms with E-state index in [0.717, 1.165) is 14.9 Å². The molecular formula is C19H15IN2O. The Kier molecular flexibility index (Phi) is 4.92. The number of rotatable bonds is 4. The summed E-state index contributed by atoms with van der Waals surface area (Å²) in [5.74, 6) is -0.136. The van der Waals surface area contributed by atoms with Gasteiger partial charge in [0.1, 0.15) is 0 Å². The maximum Gasteiger partial charge on any atom is 0.271 e. The number of nitrogens with one attached hydrogen (secondary N) is 1. The van der Waals surface area contributed by atoms with E-state index in [1.807, 2.05) is 84.9 Å². The zero-order valence-electron chi connectivity index (χ0n) is 12.3. The van der Waals surface area contributed by atoms with Gasteiger partial charge in [0.15, 0.2) is 0 Å². The Morgan fingerprint density at radius 1 is 0.739 bits per heavy atom. The summed E-state index contributed by atoms with van der Waals surface area (Å²) in [6.45, 7) is 0. The fourth-order valence-electron chi connectivity index (χ4n) is 2.24. The van der Waals surface area contributed by atoms with Crippen molar-refractivity contribution in [3.05, 3.63) is 94.1 Å². The van der Waals surface area contributed by atoms with Crippen LogP contribution in [0, 0.1) is 3.57 Å². The summed E-state index contributed by atoms with van der Waals surface area (Å²) in [5, 5.41) is 1.80. The highest BCUT2D eigenvalue weighted by Crippen LogP contribution is 2.23.